The van der Waals surface area contributed by atoms with E-state index >= 15 is 0 Å². The number of rotatable bonds is 5. The molecule has 0 aromatic carbocycles. The van der Waals surface area contributed by atoms with Crippen molar-refractivity contribution < 1.29 is 4.79 Å². The fourth-order valence-electron chi connectivity index (χ4n) is 2.18. The van der Waals surface area contributed by atoms with Crippen LogP contribution in [0.4, 0.5) is 5.69 Å². The highest BCUT2D eigenvalue weighted by atomic mass is 16.2. The lowest BCUT2D eigenvalue weighted by atomic mass is 10.2. The minimum absolute atomic E-state index is 0.141. The fraction of sp³-hybridized carbons (Fsp3) is 0.429. The van der Waals surface area contributed by atoms with E-state index in [1.165, 1.54) is 17.8 Å². The number of carbonyl (C=O) groups is 1. The second kappa shape index (κ2) is 6.52. The van der Waals surface area contributed by atoms with Crippen LogP contribution in [0.15, 0.2) is 21.9 Å². The zero-order valence-electron chi connectivity index (χ0n) is 12.8. The van der Waals surface area contributed by atoms with E-state index in [-0.39, 0.29) is 11.3 Å². The van der Waals surface area contributed by atoms with Crippen LogP contribution in [0.25, 0.3) is 11.0 Å². The molecule has 118 valence electrons. The molecule has 0 spiro atoms. The van der Waals surface area contributed by atoms with Crippen LogP contribution in [0.3, 0.4) is 0 Å². The molecule has 0 unspecified atom stereocenters. The van der Waals surface area contributed by atoms with Crippen LogP contribution in [-0.4, -0.2) is 33.6 Å². The Morgan fingerprint density at radius 1 is 1.27 bits per heavy atom. The van der Waals surface area contributed by atoms with Crippen LogP contribution < -0.4 is 21.9 Å². The van der Waals surface area contributed by atoms with E-state index in [9.17, 15) is 14.4 Å². The highest BCUT2D eigenvalue weighted by Gasteiger charge is 2.11. The molecule has 0 saturated carbocycles. The number of fused-ring (bicyclic) bond motifs is 1. The van der Waals surface area contributed by atoms with Crippen molar-refractivity contribution in [3.8, 4) is 0 Å². The van der Waals surface area contributed by atoms with Crippen LogP contribution in [0, 0.1) is 0 Å². The zero-order valence-corrected chi connectivity index (χ0v) is 12.8. The van der Waals surface area contributed by atoms with Crippen molar-refractivity contribution >= 4 is 22.6 Å². The first-order valence-corrected chi connectivity index (χ1v) is 6.96. The molecule has 0 aliphatic carbocycles. The predicted octanol–water partition coefficient (Wildman–Crippen LogP) is -0.430. The smallest absolute Gasteiger partial charge is 0.325 e. The number of hydrogen-bond acceptors (Lipinski definition) is 5. The minimum Gasteiger partial charge on any atom is -0.325 e. The van der Waals surface area contributed by atoms with E-state index in [1.54, 1.807) is 13.1 Å². The van der Waals surface area contributed by atoms with Gasteiger partial charge in [-0.15, -0.1) is 0 Å². The summed E-state index contributed by atoms with van der Waals surface area (Å²) in [4.78, 5) is 39.9. The van der Waals surface area contributed by atoms with Crippen molar-refractivity contribution in [1.29, 1.82) is 0 Å². The number of nitrogens with one attached hydrogen (secondary N) is 2. The highest BCUT2D eigenvalue weighted by Crippen LogP contribution is 2.12. The van der Waals surface area contributed by atoms with Crippen LogP contribution in [0.5, 0.6) is 0 Å². The Morgan fingerprint density at radius 3 is 2.68 bits per heavy atom. The van der Waals surface area contributed by atoms with Crippen LogP contribution in [0.1, 0.15) is 12.8 Å². The van der Waals surface area contributed by atoms with Gasteiger partial charge < -0.3 is 10.6 Å². The average Bonchev–Trinajstić information content (AvgIpc) is 2.51. The van der Waals surface area contributed by atoms with Gasteiger partial charge in [0.15, 0.2) is 0 Å². The van der Waals surface area contributed by atoms with Crippen molar-refractivity contribution in [3.63, 3.8) is 0 Å². The fourth-order valence-corrected chi connectivity index (χ4v) is 2.18. The molecule has 0 aliphatic heterocycles. The van der Waals surface area contributed by atoms with E-state index < -0.39 is 11.2 Å². The molecule has 8 heteroatoms. The maximum Gasteiger partial charge on any atom is 0.332 e. The van der Waals surface area contributed by atoms with Crippen LogP contribution in [0.2, 0.25) is 0 Å². The maximum atomic E-state index is 12.1. The van der Waals surface area contributed by atoms with E-state index in [4.69, 9.17) is 0 Å². The zero-order chi connectivity index (χ0) is 16.3. The molecule has 0 atom stereocenters. The molecule has 0 saturated heterocycles. The summed E-state index contributed by atoms with van der Waals surface area (Å²) in [6, 6.07) is 1.54. The Balaban J connectivity index is 2.33. The summed E-state index contributed by atoms with van der Waals surface area (Å²) in [5, 5.41) is 5.97. The largest absolute Gasteiger partial charge is 0.332 e. The summed E-state index contributed by atoms with van der Waals surface area (Å²) < 4.78 is 2.32. The summed E-state index contributed by atoms with van der Waals surface area (Å²) in [6.07, 6.45) is 2.54. The van der Waals surface area contributed by atoms with Gasteiger partial charge in [0, 0.05) is 20.5 Å². The summed E-state index contributed by atoms with van der Waals surface area (Å²) in [5.74, 6) is -0.141. The van der Waals surface area contributed by atoms with E-state index in [0.29, 0.717) is 17.8 Å². The molecule has 2 aromatic rings. The maximum absolute atomic E-state index is 12.1. The molecule has 2 heterocycles. The van der Waals surface area contributed by atoms with Gasteiger partial charge in [0.2, 0.25) is 5.91 Å². The second-order valence-electron chi connectivity index (χ2n) is 5.06. The van der Waals surface area contributed by atoms with E-state index in [1.807, 2.05) is 7.05 Å². The Morgan fingerprint density at radius 2 is 2.00 bits per heavy atom. The third-order valence-corrected chi connectivity index (χ3v) is 3.41. The number of carbonyl (C=O) groups excluding carboxylic acids is 1. The average molecular weight is 305 g/mol. The number of pyridine rings is 1. The van der Waals surface area contributed by atoms with Gasteiger partial charge in [-0.25, -0.2) is 9.78 Å². The first-order chi connectivity index (χ1) is 10.5. The second-order valence-corrected chi connectivity index (χ2v) is 5.06. The van der Waals surface area contributed by atoms with Gasteiger partial charge in [-0.2, -0.15) is 0 Å². The molecule has 2 rings (SSSR count). The third kappa shape index (κ3) is 3.06. The van der Waals surface area contributed by atoms with E-state index in [0.717, 1.165) is 17.5 Å². The quantitative estimate of drug-likeness (QED) is 0.731. The molecular weight excluding hydrogens is 286 g/mol. The van der Waals surface area contributed by atoms with Gasteiger partial charge in [0.25, 0.3) is 5.56 Å². The molecule has 0 bridgehead atoms. The Bertz CT molecular complexity index is 822. The van der Waals surface area contributed by atoms with Gasteiger partial charge in [-0.05, 0) is 26.1 Å². The number of nitrogens with zero attached hydrogens (tertiary/aromatic N) is 3. The monoisotopic (exact) mass is 305 g/mol. The number of aryl methyl sites for hydroxylation is 1. The molecule has 2 aromatic heterocycles. The molecule has 8 nitrogen and oxygen atoms in total. The van der Waals surface area contributed by atoms with Crippen molar-refractivity contribution in [1.82, 2.24) is 19.4 Å². The van der Waals surface area contributed by atoms with Gasteiger partial charge in [0.1, 0.15) is 5.65 Å². The molecule has 22 heavy (non-hydrogen) atoms. The molecular formula is C14H19N5O3. The highest BCUT2D eigenvalue weighted by molar-refractivity contribution is 5.92. The lowest BCUT2D eigenvalue weighted by Gasteiger charge is -2.09. The van der Waals surface area contributed by atoms with Gasteiger partial charge >= 0.3 is 5.69 Å². The van der Waals surface area contributed by atoms with Crippen molar-refractivity contribution in [2.75, 3.05) is 18.9 Å². The Labute approximate surface area is 126 Å². The molecule has 0 radical (unpaired) electrons. The van der Waals surface area contributed by atoms with Gasteiger partial charge in [-0.1, -0.05) is 0 Å². The first-order valence-electron chi connectivity index (χ1n) is 6.96. The number of anilines is 1. The van der Waals surface area contributed by atoms with Gasteiger partial charge in [-0.3, -0.25) is 18.7 Å². The molecule has 2 N–H and O–H groups in total. The summed E-state index contributed by atoms with van der Waals surface area (Å²) in [5.41, 5.74) is -0.135. The minimum atomic E-state index is -0.436. The number of aromatic nitrogens is 3. The lowest BCUT2D eigenvalue weighted by molar-refractivity contribution is -0.116. The number of amides is 1. The van der Waals surface area contributed by atoms with Crippen molar-refractivity contribution in [3.05, 3.63) is 33.1 Å². The summed E-state index contributed by atoms with van der Waals surface area (Å²) >= 11 is 0. The standard InChI is InChI=1S/C14H19N5O3/c1-15-6-4-5-11(20)17-9-7-10-12(16-8-9)18(2)14(22)19(3)13(10)21/h7-8,15H,4-6H2,1-3H3,(H,17,20). The summed E-state index contributed by atoms with van der Waals surface area (Å²) in [7, 11) is 4.78. The first kappa shape index (κ1) is 15.9. The van der Waals surface area contributed by atoms with Gasteiger partial charge in [0.05, 0.1) is 17.3 Å². The predicted molar refractivity (Wildman–Crippen MR) is 84.0 cm³/mol. The summed E-state index contributed by atoms with van der Waals surface area (Å²) in [6.45, 7) is 0.756. The Hall–Kier alpha value is -2.48. The van der Waals surface area contributed by atoms with Crippen LogP contribution >= 0.6 is 0 Å². The number of hydrogen-bond donors (Lipinski definition) is 2. The normalized spacial score (nSPS) is 10.9. The third-order valence-electron chi connectivity index (χ3n) is 3.41. The SMILES string of the molecule is CNCCCC(=O)Nc1cnc2c(c1)c(=O)n(C)c(=O)n2C. The lowest BCUT2D eigenvalue weighted by Crippen LogP contribution is -2.37. The van der Waals surface area contributed by atoms with E-state index in [2.05, 4.69) is 15.6 Å². The van der Waals surface area contributed by atoms with Crippen LogP contribution in [-0.2, 0) is 18.9 Å². The van der Waals surface area contributed by atoms with Crippen molar-refractivity contribution in [2.24, 2.45) is 14.1 Å². The molecule has 0 fully saturated rings. The Kier molecular flexibility index (Phi) is 4.71. The van der Waals surface area contributed by atoms with Crippen molar-refractivity contribution in [2.45, 2.75) is 12.8 Å². The molecule has 0 aliphatic rings. The molecule has 1 amide bonds. The topological polar surface area (TPSA) is 98.0 Å².